The fourth-order valence-corrected chi connectivity index (χ4v) is 4.12. The summed E-state index contributed by atoms with van der Waals surface area (Å²) in [6, 6.07) is 5.69. The van der Waals surface area contributed by atoms with E-state index in [2.05, 4.69) is 20.3 Å². The molecule has 0 aliphatic rings. The lowest BCUT2D eigenvalue weighted by atomic mass is 10.1. The van der Waals surface area contributed by atoms with Crippen molar-refractivity contribution in [3.8, 4) is 0 Å². The molecule has 25 heavy (non-hydrogen) atoms. The topological polar surface area (TPSA) is 93.8 Å². The highest BCUT2D eigenvalue weighted by atomic mass is 32.2. The second-order valence-electron chi connectivity index (χ2n) is 5.89. The van der Waals surface area contributed by atoms with Gasteiger partial charge in [-0.15, -0.1) is 11.3 Å². The number of rotatable bonds is 6. The average molecular weight is 374 g/mol. The lowest BCUT2D eigenvalue weighted by Gasteiger charge is -2.19. The van der Waals surface area contributed by atoms with E-state index in [1.807, 2.05) is 37.4 Å². The summed E-state index contributed by atoms with van der Waals surface area (Å²) in [5.74, 6) is 0.534. The van der Waals surface area contributed by atoms with E-state index in [0.29, 0.717) is 17.5 Å². The van der Waals surface area contributed by atoms with Gasteiger partial charge in [0.15, 0.2) is 5.16 Å². The summed E-state index contributed by atoms with van der Waals surface area (Å²) in [4.78, 5) is 26.4. The summed E-state index contributed by atoms with van der Waals surface area (Å²) < 4.78 is 0. The molecule has 3 rings (SSSR count). The fourth-order valence-electron chi connectivity index (χ4n) is 2.31. The molecule has 0 aliphatic carbocycles. The first-order valence-electron chi connectivity index (χ1n) is 7.88. The highest BCUT2D eigenvalue weighted by molar-refractivity contribution is 8.00. The molecule has 0 aromatic carbocycles. The van der Waals surface area contributed by atoms with Gasteiger partial charge in [-0.1, -0.05) is 31.7 Å². The van der Waals surface area contributed by atoms with Crippen molar-refractivity contribution in [2.24, 2.45) is 5.92 Å². The van der Waals surface area contributed by atoms with Gasteiger partial charge in [-0.3, -0.25) is 9.78 Å². The third-order valence-corrected chi connectivity index (χ3v) is 5.83. The number of pyridine rings is 1. The second kappa shape index (κ2) is 7.79. The van der Waals surface area contributed by atoms with Gasteiger partial charge in [0.1, 0.15) is 10.6 Å². The van der Waals surface area contributed by atoms with Crippen LogP contribution in [0, 0.1) is 5.92 Å². The Bertz CT molecular complexity index is 866. The van der Waals surface area contributed by atoms with Gasteiger partial charge in [0.25, 0.3) is 0 Å². The van der Waals surface area contributed by atoms with Crippen LogP contribution in [0.3, 0.4) is 0 Å². The molecule has 130 valence electrons. The number of thioether (sulfide) groups is 1. The van der Waals surface area contributed by atoms with Gasteiger partial charge < -0.3 is 11.1 Å². The van der Waals surface area contributed by atoms with Crippen molar-refractivity contribution >= 4 is 45.0 Å². The molecular formula is C17H19N5OS2. The predicted octanol–water partition coefficient (Wildman–Crippen LogP) is 3.10. The zero-order valence-corrected chi connectivity index (χ0v) is 15.6. The molecule has 3 heterocycles. The number of amides is 1. The lowest BCUT2D eigenvalue weighted by Crippen LogP contribution is -2.35. The largest absolute Gasteiger partial charge is 0.383 e. The Balaban J connectivity index is 1.72. The van der Waals surface area contributed by atoms with Gasteiger partial charge in [-0.05, 0) is 29.0 Å². The van der Waals surface area contributed by atoms with E-state index < -0.39 is 0 Å². The number of hydrogen-bond donors (Lipinski definition) is 2. The SMILES string of the molecule is CC(C)C(Sc1nc(N)c2ccsc2n1)C(=O)NCc1cccnc1. The Morgan fingerprint density at radius 3 is 2.92 bits per heavy atom. The summed E-state index contributed by atoms with van der Waals surface area (Å²) in [5.41, 5.74) is 6.96. The average Bonchev–Trinajstić information content (AvgIpc) is 3.07. The van der Waals surface area contributed by atoms with Gasteiger partial charge in [0, 0.05) is 18.9 Å². The molecule has 0 radical (unpaired) electrons. The number of nitrogens with two attached hydrogens (primary N) is 1. The number of anilines is 1. The minimum atomic E-state index is -0.298. The van der Waals surface area contributed by atoms with Gasteiger partial charge in [0.05, 0.1) is 10.6 Å². The van der Waals surface area contributed by atoms with Crippen molar-refractivity contribution in [3.63, 3.8) is 0 Å². The molecule has 0 aliphatic heterocycles. The van der Waals surface area contributed by atoms with Crippen LogP contribution < -0.4 is 11.1 Å². The molecule has 0 fully saturated rings. The number of carbonyl (C=O) groups excluding carboxylic acids is 1. The first-order chi connectivity index (χ1) is 12.0. The zero-order valence-electron chi connectivity index (χ0n) is 14.0. The Labute approximate surface area is 154 Å². The minimum Gasteiger partial charge on any atom is -0.383 e. The molecule has 1 atom stereocenters. The predicted molar refractivity (Wildman–Crippen MR) is 102 cm³/mol. The number of nitrogens with one attached hydrogen (secondary N) is 1. The van der Waals surface area contributed by atoms with Crippen molar-refractivity contribution in [2.75, 3.05) is 5.73 Å². The normalized spacial score (nSPS) is 12.4. The van der Waals surface area contributed by atoms with E-state index in [0.717, 1.165) is 15.8 Å². The number of fused-ring (bicyclic) bond motifs is 1. The van der Waals surface area contributed by atoms with Crippen molar-refractivity contribution in [2.45, 2.75) is 30.8 Å². The van der Waals surface area contributed by atoms with Crippen LogP contribution in [0.1, 0.15) is 19.4 Å². The first kappa shape index (κ1) is 17.6. The molecule has 0 spiro atoms. The monoisotopic (exact) mass is 373 g/mol. The summed E-state index contributed by atoms with van der Waals surface area (Å²) in [5, 5.41) is 5.99. The molecular weight excluding hydrogens is 354 g/mol. The van der Waals surface area contributed by atoms with Crippen LogP contribution in [-0.2, 0) is 11.3 Å². The van der Waals surface area contributed by atoms with Crippen LogP contribution in [0.25, 0.3) is 10.2 Å². The number of thiophene rings is 1. The van der Waals surface area contributed by atoms with E-state index in [1.54, 1.807) is 12.4 Å². The van der Waals surface area contributed by atoms with E-state index >= 15 is 0 Å². The van der Waals surface area contributed by atoms with Crippen LogP contribution in [0.2, 0.25) is 0 Å². The molecule has 3 aromatic rings. The minimum absolute atomic E-state index is 0.0442. The van der Waals surface area contributed by atoms with Gasteiger partial charge in [0.2, 0.25) is 5.91 Å². The molecule has 3 aromatic heterocycles. The highest BCUT2D eigenvalue weighted by Gasteiger charge is 2.25. The van der Waals surface area contributed by atoms with Crippen molar-refractivity contribution in [1.82, 2.24) is 20.3 Å². The van der Waals surface area contributed by atoms with Crippen LogP contribution in [0.5, 0.6) is 0 Å². The van der Waals surface area contributed by atoms with Gasteiger partial charge in [-0.2, -0.15) is 0 Å². The number of hydrogen-bond acceptors (Lipinski definition) is 7. The molecule has 0 saturated carbocycles. The Hall–Kier alpha value is -2.19. The third-order valence-electron chi connectivity index (χ3n) is 3.62. The Morgan fingerprint density at radius 1 is 1.36 bits per heavy atom. The highest BCUT2D eigenvalue weighted by Crippen LogP contribution is 2.30. The van der Waals surface area contributed by atoms with Gasteiger partial charge >= 0.3 is 0 Å². The van der Waals surface area contributed by atoms with Crippen molar-refractivity contribution in [1.29, 1.82) is 0 Å². The van der Waals surface area contributed by atoms with E-state index in [9.17, 15) is 4.79 Å². The zero-order chi connectivity index (χ0) is 17.8. The summed E-state index contributed by atoms with van der Waals surface area (Å²) in [6.45, 7) is 4.46. The van der Waals surface area contributed by atoms with Crippen molar-refractivity contribution < 1.29 is 4.79 Å². The maximum absolute atomic E-state index is 12.6. The molecule has 8 heteroatoms. The van der Waals surface area contributed by atoms with Crippen LogP contribution in [-0.4, -0.2) is 26.1 Å². The van der Waals surface area contributed by atoms with Crippen molar-refractivity contribution in [3.05, 3.63) is 41.5 Å². The standard InChI is InChI=1S/C17H19N5OS2/c1-10(2)13(15(23)20-9-11-4-3-6-19-8-11)25-17-21-14(18)12-5-7-24-16(12)22-17/h3-8,10,13H,9H2,1-2H3,(H,20,23)(H2,18,21,22). The molecule has 0 saturated heterocycles. The lowest BCUT2D eigenvalue weighted by molar-refractivity contribution is -0.121. The number of carbonyl (C=O) groups is 1. The Kier molecular flexibility index (Phi) is 5.50. The van der Waals surface area contributed by atoms with E-state index in [1.165, 1.54) is 23.1 Å². The van der Waals surface area contributed by atoms with Crippen LogP contribution >= 0.6 is 23.1 Å². The number of nitrogen functional groups attached to an aromatic ring is 1. The first-order valence-corrected chi connectivity index (χ1v) is 9.64. The molecule has 6 nitrogen and oxygen atoms in total. The smallest absolute Gasteiger partial charge is 0.234 e. The van der Waals surface area contributed by atoms with Crippen LogP contribution in [0.15, 0.2) is 41.1 Å². The third kappa shape index (κ3) is 4.26. The summed E-state index contributed by atoms with van der Waals surface area (Å²) >= 11 is 2.86. The van der Waals surface area contributed by atoms with E-state index in [-0.39, 0.29) is 17.1 Å². The number of aromatic nitrogens is 3. The Morgan fingerprint density at radius 2 is 2.20 bits per heavy atom. The summed E-state index contributed by atoms with van der Waals surface area (Å²) in [7, 11) is 0. The summed E-state index contributed by atoms with van der Waals surface area (Å²) in [6.07, 6.45) is 3.45. The maximum atomic E-state index is 12.6. The fraction of sp³-hybridized carbons (Fsp3) is 0.294. The van der Waals surface area contributed by atoms with Crippen LogP contribution in [0.4, 0.5) is 5.82 Å². The van der Waals surface area contributed by atoms with Gasteiger partial charge in [-0.25, -0.2) is 9.97 Å². The quantitative estimate of drug-likeness (QED) is 0.509. The molecule has 0 bridgehead atoms. The van der Waals surface area contributed by atoms with E-state index in [4.69, 9.17) is 5.73 Å². The molecule has 1 amide bonds. The maximum Gasteiger partial charge on any atom is 0.234 e. The second-order valence-corrected chi connectivity index (χ2v) is 7.90. The molecule has 1 unspecified atom stereocenters. The number of nitrogens with zero attached hydrogens (tertiary/aromatic N) is 3. The molecule has 3 N–H and O–H groups in total.